The average Bonchev–Trinajstić information content (AvgIpc) is 3.03. The van der Waals surface area contributed by atoms with Gasteiger partial charge < -0.3 is 0 Å². The molecule has 2 aromatic heterocycles. The molecule has 0 saturated carbocycles. The summed E-state index contributed by atoms with van der Waals surface area (Å²) in [5.41, 5.74) is 4.30. The van der Waals surface area contributed by atoms with Crippen LogP contribution >= 0.6 is 34.5 Å². The van der Waals surface area contributed by atoms with Crippen LogP contribution in [-0.2, 0) is 6.42 Å². The Morgan fingerprint density at radius 3 is 2.77 bits per heavy atom. The van der Waals surface area contributed by atoms with Crippen LogP contribution in [-0.4, -0.2) is 9.38 Å². The van der Waals surface area contributed by atoms with Crippen molar-refractivity contribution < 1.29 is 0 Å². The van der Waals surface area contributed by atoms with Gasteiger partial charge in [0.05, 0.1) is 20.9 Å². The summed E-state index contributed by atoms with van der Waals surface area (Å²) in [5, 5.41) is 1.25. The Bertz CT molecular complexity index is 1000. The standard InChI is InChI=1S/C17H12Cl2N2S/c1-2-10-3-6-15-16(7-10)22-17-20-14(9-21(15)17)12-5-4-11(18)8-13(12)19/h3-9H,2H2,1H3. The minimum atomic E-state index is 0.621. The van der Waals surface area contributed by atoms with E-state index in [1.165, 1.54) is 15.8 Å². The van der Waals surface area contributed by atoms with Crippen LogP contribution in [0, 0.1) is 0 Å². The number of fused-ring (bicyclic) bond motifs is 3. The number of nitrogens with zero attached hydrogens (tertiary/aromatic N) is 2. The molecule has 0 aliphatic rings. The molecule has 4 rings (SSSR count). The summed E-state index contributed by atoms with van der Waals surface area (Å²) in [5.74, 6) is 0. The summed E-state index contributed by atoms with van der Waals surface area (Å²) in [4.78, 5) is 5.70. The molecule has 0 fully saturated rings. The molecular weight excluding hydrogens is 335 g/mol. The molecule has 0 radical (unpaired) electrons. The van der Waals surface area contributed by atoms with Gasteiger partial charge in [-0.25, -0.2) is 4.98 Å². The van der Waals surface area contributed by atoms with Gasteiger partial charge in [0.15, 0.2) is 4.96 Å². The van der Waals surface area contributed by atoms with Crippen molar-refractivity contribution in [1.82, 2.24) is 9.38 Å². The third-order valence-corrected chi connectivity index (χ3v) is 5.34. The van der Waals surface area contributed by atoms with E-state index in [4.69, 9.17) is 28.2 Å². The van der Waals surface area contributed by atoms with Gasteiger partial charge in [0.1, 0.15) is 0 Å². The highest BCUT2D eigenvalue weighted by Crippen LogP contribution is 2.33. The Morgan fingerprint density at radius 2 is 2.00 bits per heavy atom. The molecule has 0 aliphatic carbocycles. The minimum Gasteiger partial charge on any atom is -0.290 e. The van der Waals surface area contributed by atoms with E-state index in [-0.39, 0.29) is 0 Å². The van der Waals surface area contributed by atoms with Crippen LogP contribution in [0.5, 0.6) is 0 Å². The lowest BCUT2D eigenvalue weighted by atomic mass is 10.1. The number of benzene rings is 2. The van der Waals surface area contributed by atoms with Crippen molar-refractivity contribution in [3.63, 3.8) is 0 Å². The molecule has 0 spiro atoms. The molecular formula is C17H12Cl2N2S. The summed E-state index contributed by atoms with van der Waals surface area (Å²) in [6.07, 6.45) is 3.08. The minimum absolute atomic E-state index is 0.621. The summed E-state index contributed by atoms with van der Waals surface area (Å²) < 4.78 is 3.38. The molecule has 0 unspecified atom stereocenters. The summed E-state index contributed by atoms with van der Waals surface area (Å²) in [6, 6.07) is 12.1. The van der Waals surface area contributed by atoms with Crippen LogP contribution in [0.3, 0.4) is 0 Å². The predicted octanol–water partition coefficient (Wildman–Crippen LogP) is 6.09. The number of thiazole rings is 1. The zero-order chi connectivity index (χ0) is 15.3. The average molecular weight is 347 g/mol. The van der Waals surface area contributed by atoms with E-state index in [1.807, 2.05) is 18.3 Å². The summed E-state index contributed by atoms with van der Waals surface area (Å²) in [7, 11) is 0. The molecule has 2 nitrogen and oxygen atoms in total. The Hall–Kier alpha value is -1.55. The molecule has 0 bridgehead atoms. The molecule has 5 heteroatoms. The predicted molar refractivity (Wildman–Crippen MR) is 95.4 cm³/mol. The number of hydrogen-bond donors (Lipinski definition) is 0. The largest absolute Gasteiger partial charge is 0.290 e. The van der Waals surface area contributed by atoms with E-state index in [0.717, 1.165) is 22.6 Å². The first-order valence-electron chi connectivity index (χ1n) is 7.01. The maximum Gasteiger partial charge on any atom is 0.195 e. The highest BCUT2D eigenvalue weighted by atomic mass is 35.5. The van der Waals surface area contributed by atoms with Crippen molar-refractivity contribution in [2.24, 2.45) is 0 Å². The van der Waals surface area contributed by atoms with Crippen molar-refractivity contribution in [3.05, 3.63) is 58.2 Å². The molecule has 22 heavy (non-hydrogen) atoms. The smallest absolute Gasteiger partial charge is 0.195 e. The van der Waals surface area contributed by atoms with Gasteiger partial charge in [-0.1, -0.05) is 47.5 Å². The molecule has 0 amide bonds. The zero-order valence-electron chi connectivity index (χ0n) is 11.8. The van der Waals surface area contributed by atoms with E-state index < -0.39 is 0 Å². The zero-order valence-corrected chi connectivity index (χ0v) is 14.1. The summed E-state index contributed by atoms with van der Waals surface area (Å²) >= 11 is 13.9. The number of rotatable bonds is 2. The first-order chi connectivity index (χ1) is 10.7. The van der Waals surface area contributed by atoms with E-state index in [0.29, 0.717) is 10.0 Å². The third-order valence-electron chi connectivity index (χ3n) is 3.77. The molecule has 0 aliphatic heterocycles. The maximum atomic E-state index is 6.29. The Balaban J connectivity index is 1.91. The lowest BCUT2D eigenvalue weighted by Gasteiger charge is -2.00. The SMILES string of the molecule is CCc1ccc2c(c1)sc1nc(-c3ccc(Cl)cc3Cl)cn12. The van der Waals surface area contributed by atoms with Crippen LogP contribution in [0.15, 0.2) is 42.6 Å². The molecule has 4 aromatic rings. The second-order valence-electron chi connectivity index (χ2n) is 5.16. The highest BCUT2D eigenvalue weighted by Gasteiger charge is 2.12. The Labute approximate surface area is 141 Å². The number of hydrogen-bond acceptors (Lipinski definition) is 2. The van der Waals surface area contributed by atoms with E-state index in [1.54, 1.807) is 17.4 Å². The Morgan fingerprint density at radius 1 is 1.14 bits per heavy atom. The van der Waals surface area contributed by atoms with Crippen LogP contribution in [0.2, 0.25) is 10.0 Å². The second-order valence-corrected chi connectivity index (χ2v) is 7.01. The molecule has 0 saturated heterocycles. The second kappa shape index (κ2) is 5.27. The van der Waals surface area contributed by atoms with Crippen LogP contribution in [0.1, 0.15) is 12.5 Å². The quantitative estimate of drug-likeness (QED) is 0.429. The molecule has 2 aromatic carbocycles. The van der Waals surface area contributed by atoms with Gasteiger partial charge in [-0.05, 0) is 42.3 Å². The number of imidazole rings is 1. The highest BCUT2D eigenvalue weighted by molar-refractivity contribution is 7.23. The number of aryl methyl sites for hydroxylation is 1. The van der Waals surface area contributed by atoms with Gasteiger partial charge in [0, 0.05) is 16.8 Å². The van der Waals surface area contributed by atoms with E-state index in [2.05, 4.69) is 29.5 Å². The maximum absolute atomic E-state index is 6.29. The van der Waals surface area contributed by atoms with Crippen LogP contribution < -0.4 is 0 Å². The van der Waals surface area contributed by atoms with Gasteiger partial charge in [-0.2, -0.15) is 0 Å². The van der Waals surface area contributed by atoms with Crippen molar-refractivity contribution >= 4 is 49.7 Å². The number of halogens is 2. The Kier molecular flexibility index (Phi) is 3.37. The van der Waals surface area contributed by atoms with Crippen molar-refractivity contribution in [2.45, 2.75) is 13.3 Å². The monoisotopic (exact) mass is 346 g/mol. The van der Waals surface area contributed by atoms with E-state index in [9.17, 15) is 0 Å². The number of aromatic nitrogens is 2. The van der Waals surface area contributed by atoms with Gasteiger partial charge in [0.25, 0.3) is 0 Å². The summed E-state index contributed by atoms with van der Waals surface area (Å²) in [6.45, 7) is 2.17. The van der Waals surface area contributed by atoms with Crippen molar-refractivity contribution in [3.8, 4) is 11.3 Å². The first-order valence-corrected chi connectivity index (χ1v) is 8.59. The fraction of sp³-hybridized carbons (Fsp3) is 0.118. The molecule has 0 N–H and O–H groups in total. The fourth-order valence-corrected chi connectivity index (χ4v) is 4.17. The van der Waals surface area contributed by atoms with Crippen molar-refractivity contribution in [1.29, 1.82) is 0 Å². The lowest BCUT2D eigenvalue weighted by molar-refractivity contribution is 1.14. The molecule has 110 valence electrons. The lowest BCUT2D eigenvalue weighted by Crippen LogP contribution is -1.81. The molecule has 2 heterocycles. The van der Waals surface area contributed by atoms with Crippen LogP contribution in [0.4, 0.5) is 0 Å². The van der Waals surface area contributed by atoms with Crippen molar-refractivity contribution in [2.75, 3.05) is 0 Å². The molecule has 0 atom stereocenters. The van der Waals surface area contributed by atoms with Crippen LogP contribution in [0.25, 0.3) is 26.4 Å². The van der Waals surface area contributed by atoms with Gasteiger partial charge in [-0.15, -0.1) is 0 Å². The normalized spacial score (nSPS) is 11.6. The topological polar surface area (TPSA) is 17.3 Å². The third kappa shape index (κ3) is 2.21. The first kappa shape index (κ1) is 14.1. The van der Waals surface area contributed by atoms with Gasteiger partial charge in [-0.3, -0.25) is 4.40 Å². The van der Waals surface area contributed by atoms with Gasteiger partial charge in [0.2, 0.25) is 0 Å². The fourth-order valence-electron chi connectivity index (χ4n) is 2.59. The van der Waals surface area contributed by atoms with E-state index >= 15 is 0 Å². The van der Waals surface area contributed by atoms with Gasteiger partial charge >= 0.3 is 0 Å².